The number of methoxy groups -OCH3 is 2. The molecule has 0 saturated carbocycles. The molecule has 2 aliphatic heterocycles. The minimum Gasteiger partial charge on any atom is -0.444 e. The van der Waals surface area contributed by atoms with Crippen LogP contribution in [0.3, 0.4) is 0 Å². The summed E-state index contributed by atoms with van der Waals surface area (Å²) >= 11 is 0. The van der Waals surface area contributed by atoms with Gasteiger partial charge in [0.2, 0.25) is 5.79 Å². The van der Waals surface area contributed by atoms with Gasteiger partial charge in [0.25, 0.3) is 0 Å². The van der Waals surface area contributed by atoms with Gasteiger partial charge in [-0.3, -0.25) is 4.90 Å². The Bertz CT molecular complexity index is 413. The van der Waals surface area contributed by atoms with Crippen molar-refractivity contribution < 1.29 is 23.7 Å². The van der Waals surface area contributed by atoms with Gasteiger partial charge in [0.05, 0.1) is 6.10 Å². The molecule has 0 aromatic heterocycles. The average molecular weight is 299 g/mol. The fourth-order valence-electron chi connectivity index (χ4n) is 3.02. The van der Waals surface area contributed by atoms with Crippen LogP contribution in [0.2, 0.25) is 0 Å². The summed E-state index contributed by atoms with van der Waals surface area (Å²) in [7, 11) is 3.12. The van der Waals surface area contributed by atoms with Crippen LogP contribution in [0.4, 0.5) is 4.79 Å². The van der Waals surface area contributed by atoms with Crippen molar-refractivity contribution in [3.05, 3.63) is 12.7 Å². The van der Waals surface area contributed by atoms with Gasteiger partial charge < -0.3 is 18.9 Å². The molecule has 2 heterocycles. The minimum atomic E-state index is -0.959. The van der Waals surface area contributed by atoms with Crippen LogP contribution < -0.4 is 0 Å². The lowest BCUT2D eigenvalue weighted by Gasteiger charge is -2.36. The fraction of sp³-hybridized carbons (Fsp3) is 0.800. The van der Waals surface area contributed by atoms with Crippen LogP contribution in [0.1, 0.15) is 20.8 Å². The Balaban J connectivity index is 2.28. The Kier molecular flexibility index (Phi) is 4.33. The molecule has 2 saturated heterocycles. The summed E-state index contributed by atoms with van der Waals surface area (Å²) in [6.45, 7) is 10.1. The number of likely N-dealkylation sites (tertiary alicyclic amines) is 1. The molecule has 2 rings (SSSR count). The third kappa shape index (κ3) is 2.80. The van der Waals surface area contributed by atoms with Gasteiger partial charge in [-0.15, -0.1) is 6.58 Å². The summed E-state index contributed by atoms with van der Waals surface area (Å²) in [4.78, 5) is 14.1. The summed E-state index contributed by atoms with van der Waals surface area (Å²) in [6, 6.07) is -0.342. The summed E-state index contributed by atoms with van der Waals surface area (Å²) in [5.74, 6) is -0.922. The van der Waals surface area contributed by atoms with Crippen LogP contribution >= 0.6 is 0 Å². The highest BCUT2D eigenvalue weighted by molar-refractivity contribution is 5.69. The topological polar surface area (TPSA) is 57.2 Å². The molecule has 0 aromatic rings. The lowest BCUT2D eigenvalue weighted by molar-refractivity contribution is -0.224. The second-order valence-corrected chi connectivity index (χ2v) is 6.47. The van der Waals surface area contributed by atoms with Gasteiger partial charge in [0.15, 0.2) is 0 Å². The highest BCUT2D eigenvalue weighted by Crippen LogP contribution is 2.42. The molecule has 1 amide bonds. The van der Waals surface area contributed by atoms with Crippen molar-refractivity contribution in [1.29, 1.82) is 0 Å². The summed E-state index contributed by atoms with van der Waals surface area (Å²) in [5.41, 5.74) is -0.554. The van der Waals surface area contributed by atoms with E-state index in [0.29, 0.717) is 6.54 Å². The molecule has 21 heavy (non-hydrogen) atoms. The molecule has 3 unspecified atom stereocenters. The Morgan fingerprint density at radius 1 is 1.38 bits per heavy atom. The van der Waals surface area contributed by atoms with Crippen molar-refractivity contribution >= 4 is 6.09 Å². The molecule has 3 atom stereocenters. The van der Waals surface area contributed by atoms with E-state index in [1.165, 1.54) is 0 Å². The van der Waals surface area contributed by atoms with Crippen molar-refractivity contribution in [1.82, 2.24) is 4.90 Å². The lowest BCUT2D eigenvalue weighted by Crippen LogP contribution is -2.55. The van der Waals surface area contributed by atoms with Crippen molar-refractivity contribution in [2.75, 3.05) is 27.4 Å². The number of nitrogens with zero attached hydrogens (tertiary/aromatic N) is 1. The van der Waals surface area contributed by atoms with Gasteiger partial charge in [-0.2, -0.15) is 0 Å². The zero-order valence-electron chi connectivity index (χ0n) is 13.4. The molecule has 120 valence electrons. The molecule has 2 fully saturated rings. The van der Waals surface area contributed by atoms with Gasteiger partial charge in [-0.05, 0) is 20.8 Å². The second kappa shape index (κ2) is 5.59. The SMILES string of the molecule is C=CC1CN(C(=O)OC(C)(C)C)C2C1OCC2(OC)OC. The molecule has 0 aromatic carbocycles. The van der Waals surface area contributed by atoms with Crippen molar-refractivity contribution in [3.8, 4) is 0 Å². The van der Waals surface area contributed by atoms with Gasteiger partial charge >= 0.3 is 6.09 Å². The number of carbonyl (C=O) groups excluding carboxylic acids is 1. The van der Waals surface area contributed by atoms with E-state index in [2.05, 4.69) is 6.58 Å². The standard InChI is InChI=1S/C15H25NO5/c1-7-10-8-16(13(17)21-14(2,3)4)12-11(10)20-9-15(12,18-5)19-6/h7,10-12H,1,8-9H2,2-6H3. The maximum absolute atomic E-state index is 12.5. The Hall–Kier alpha value is -1.11. The number of carbonyl (C=O) groups is 1. The first-order valence-corrected chi connectivity index (χ1v) is 7.12. The number of ether oxygens (including phenoxy) is 4. The Labute approximate surface area is 126 Å². The van der Waals surface area contributed by atoms with Crippen LogP contribution in [0.15, 0.2) is 12.7 Å². The van der Waals surface area contributed by atoms with E-state index in [0.717, 1.165) is 0 Å². The molecule has 6 nitrogen and oxygen atoms in total. The maximum atomic E-state index is 12.5. The number of fused-ring (bicyclic) bond motifs is 1. The smallest absolute Gasteiger partial charge is 0.410 e. The van der Waals surface area contributed by atoms with E-state index in [1.807, 2.05) is 26.8 Å². The largest absolute Gasteiger partial charge is 0.444 e. The molecule has 2 aliphatic rings. The maximum Gasteiger partial charge on any atom is 0.410 e. The van der Waals surface area contributed by atoms with Gasteiger partial charge in [0, 0.05) is 26.7 Å². The third-order valence-electron chi connectivity index (χ3n) is 4.03. The van der Waals surface area contributed by atoms with Crippen LogP contribution in [0.25, 0.3) is 0 Å². The fourth-order valence-corrected chi connectivity index (χ4v) is 3.02. The minimum absolute atomic E-state index is 0.0368. The lowest BCUT2D eigenvalue weighted by atomic mass is 9.99. The van der Waals surface area contributed by atoms with Gasteiger partial charge in [-0.25, -0.2) is 4.79 Å². The molecule has 0 bridgehead atoms. The molecular weight excluding hydrogens is 274 g/mol. The molecule has 6 heteroatoms. The van der Waals surface area contributed by atoms with Crippen molar-refractivity contribution in [3.63, 3.8) is 0 Å². The normalized spacial score (nSPS) is 31.1. The van der Waals surface area contributed by atoms with Gasteiger partial charge in [0.1, 0.15) is 18.2 Å². The molecule has 0 N–H and O–H groups in total. The summed E-state index contributed by atoms with van der Waals surface area (Å²) in [5, 5.41) is 0. The zero-order chi connectivity index (χ0) is 15.8. The predicted octanol–water partition coefficient (Wildman–Crippen LogP) is 1.80. The Morgan fingerprint density at radius 3 is 2.48 bits per heavy atom. The first kappa shape index (κ1) is 16.3. The molecule has 0 aliphatic carbocycles. The highest BCUT2D eigenvalue weighted by atomic mass is 16.7. The van der Waals surface area contributed by atoms with Gasteiger partial charge in [-0.1, -0.05) is 6.08 Å². The van der Waals surface area contributed by atoms with Crippen LogP contribution in [0, 0.1) is 5.92 Å². The molecule has 0 radical (unpaired) electrons. The number of rotatable bonds is 3. The number of hydrogen-bond donors (Lipinski definition) is 0. The van der Waals surface area contributed by atoms with E-state index in [9.17, 15) is 4.79 Å². The van der Waals surface area contributed by atoms with E-state index >= 15 is 0 Å². The highest BCUT2D eigenvalue weighted by Gasteiger charge is 2.61. The first-order valence-electron chi connectivity index (χ1n) is 7.12. The number of amides is 1. The van der Waals surface area contributed by atoms with Crippen molar-refractivity contribution in [2.45, 2.75) is 44.3 Å². The molecule has 0 spiro atoms. The molecular formula is C15H25NO5. The van der Waals surface area contributed by atoms with Crippen molar-refractivity contribution in [2.24, 2.45) is 5.92 Å². The first-order chi connectivity index (χ1) is 9.78. The van der Waals surface area contributed by atoms with Crippen LogP contribution in [-0.4, -0.2) is 61.9 Å². The zero-order valence-corrected chi connectivity index (χ0v) is 13.4. The van der Waals surface area contributed by atoms with E-state index in [-0.39, 0.29) is 30.8 Å². The van der Waals surface area contributed by atoms with E-state index < -0.39 is 11.4 Å². The third-order valence-corrected chi connectivity index (χ3v) is 4.03. The quantitative estimate of drug-likeness (QED) is 0.587. The summed E-state index contributed by atoms with van der Waals surface area (Å²) in [6.07, 6.45) is 1.24. The second-order valence-electron chi connectivity index (χ2n) is 6.47. The average Bonchev–Trinajstić information content (AvgIpc) is 2.94. The van der Waals surface area contributed by atoms with Crippen LogP contribution in [0.5, 0.6) is 0 Å². The van der Waals surface area contributed by atoms with E-state index in [4.69, 9.17) is 18.9 Å². The monoisotopic (exact) mass is 299 g/mol. The predicted molar refractivity (Wildman–Crippen MR) is 76.9 cm³/mol. The van der Waals surface area contributed by atoms with E-state index in [1.54, 1.807) is 19.1 Å². The number of hydrogen-bond acceptors (Lipinski definition) is 5. The van der Waals surface area contributed by atoms with Crippen LogP contribution in [-0.2, 0) is 18.9 Å². The Morgan fingerprint density at radius 2 is 2.00 bits per heavy atom. The summed E-state index contributed by atoms with van der Waals surface area (Å²) < 4.78 is 22.4.